The zero-order valence-corrected chi connectivity index (χ0v) is 12.8. The summed E-state index contributed by atoms with van der Waals surface area (Å²) in [6.45, 7) is 8.69. The van der Waals surface area contributed by atoms with Gasteiger partial charge in [0.05, 0.1) is 6.54 Å². The van der Waals surface area contributed by atoms with Crippen LogP contribution in [0.2, 0.25) is 0 Å². The second kappa shape index (κ2) is 8.52. The predicted molar refractivity (Wildman–Crippen MR) is 77.4 cm³/mol. The number of amides is 1. The van der Waals surface area contributed by atoms with Crippen LogP contribution in [0.25, 0.3) is 0 Å². The third-order valence-corrected chi connectivity index (χ3v) is 2.66. The fourth-order valence-corrected chi connectivity index (χ4v) is 1.68. The second-order valence-electron chi connectivity index (χ2n) is 5.10. The van der Waals surface area contributed by atoms with Crippen LogP contribution in [0.5, 0.6) is 0 Å². The summed E-state index contributed by atoms with van der Waals surface area (Å²) in [6.07, 6.45) is 0.903. The number of aromatic nitrogens is 2. The van der Waals surface area contributed by atoms with Crippen LogP contribution in [0.1, 0.15) is 33.1 Å². The first-order valence-electron chi connectivity index (χ1n) is 7.05. The van der Waals surface area contributed by atoms with Gasteiger partial charge in [0.1, 0.15) is 6.54 Å². The minimum atomic E-state index is -0.0730. The molecular weight excluding hydrogens is 258 g/mol. The van der Waals surface area contributed by atoms with Crippen LogP contribution in [0, 0.1) is 5.92 Å². The van der Waals surface area contributed by atoms with E-state index in [2.05, 4.69) is 34.7 Å². The van der Waals surface area contributed by atoms with Crippen molar-refractivity contribution in [1.29, 1.82) is 0 Å². The van der Waals surface area contributed by atoms with Crippen molar-refractivity contribution in [1.82, 2.24) is 20.8 Å². The van der Waals surface area contributed by atoms with Crippen LogP contribution >= 0.6 is 0 Å². The zero-order chi connectivity index (χ0) is 15.0. The standard InChI is InChI=1S/C13H25N5O2/c1-5-6-18(9-11(19)14-4)13-17-16-12(20-13)8-15-7-10(2)3/h10,15H,5-9H2,1-4H3,(H,14,19). The second-order valence-corrected chi connectivity index (χ2v) is 5.10. The fourth-order valence-electron chi connectivity index (χ4n) is 1.68. The van der Waals surface area contributed by atoms with Crippen molar-refractivity contribution in [2.24, 2.45) is 5.92 Å². The van der Waals surface area contributed by atoms with Gasteiger partial charge in [0.15, 0.2) is 0 Å². The quantitative estimate of drug-likeness (QED) is 0.697. The van der Waals surface area contributed by atoms with Crippen LogP contribution in [0.4, 0.5) is 6.01 Å². The summed E-state index contributed by atoms with van der Waals surface area (Å²) >= 11 is 0. The summed E-state index contributed by atoms with van der Waals surface area (Å²) < 4.78 is 5.59. The van der Waals surface area contributed by atoms with E-state index in [0.717, 1.165) is 13.0 Å². The third kappa shape index (κ3) is 5.56. The Hall–Kier alpha value is -1.63. The highest BCUT2D eigenvalue weighted by molar-refractivity contribution is 5.80. The molecular formula is C13H25N5O2. The molecule has 7 nitrogen and oxygen atoms in total. The molecule has 0 spiro atoms. The first kappa shape index (κ1) is 16.4. The van der Waals surface area contributed by atoms with E-state index < -0.39 is 0 Å². The molecule has 0 aliphatic carbocycles. The molecule has 0 fully saturated rings. The van der Waals surface area contributed by atoms with Crippen LogP contribution < -0.4 is 15.5 Å². The van der Waals surface area contributed by atoms with Crippen LogP contribution in [-0.2, 0) is 11.3 Å². The molecule has 0 aliphatic rings. The Morgan fingerprint density at radius 1 is 1.40 bits per heavy atom. The Balaban J connectivity index is 2.58. The lowest BCUT2D eigenvalue weighted by molar-refractivity contribution is -0.119. The summed E-state index contributed by atoms with van der Waals surface area (Å²) in [4.78, 5) is 13.3. The largest absolute Gasteiger partial charge is 0.407 e. The SMILES string of the molecule is CCCN(CC(=O)NC)c1nnc(CNCC(C)C)o1. The average Bonchev–Trinajstić information content (AvgIpc) is 2.86. The number of rotatable bonds is 9. The Labute approximate surface area is 120 Å². The van der Waals surface area contributed by atoms with Crippen molar-refractivity contribution in [2.75, 3.05) is 31.6 Å². The van der Waals surface area contributed by atoms with E-state index in [0.29, 0.717) is 30.9 Å². The summed E-state index contributed by atoms with van der Waals surface area (Å²) in [6, 6.07) is 0.400. The minimum absolute atomic E-state index is 0.0730. The lowest BCUT2D eigenvalue weighted by atomic mass is 10.2. The zero-order valence-electron chi connectivity index (χ0n) is 12.8. The molecule has 1 amide bonds. The van der Waals surface area contributed by atoms with Crippen LogP contribution in [0.3, 0.4) is 0 Å². The van der Waals surface area contributed by atoms with Crippen molar-refractivity contribution < 1.29 is 9.21 Å². The summed E-state index contributed by atoms with van der Waals surface area (Å²) in [5.41, 5.74) is 0. The first-order valence-corrected chi connectivity index (χ1v) is 7.05. The molecule has 20 heavy (non-hydrogen) atoms. The maximum atomic E-state index is 11.5. The maximum absolute atomic E-state index is 11.5. The van der Waals surface area contributed by atoms with Gasteiger partial charge < -0.3 is 20.0 Å². The Kier molecular flexibility index (Phi) is 7.00. The topological polar surface area (TPSA) is 83.3 Å². The lowest BCUT2D eigenvalue weighted by Crippen LogP contribution is -2.36. The maximum Gasteiger partial charge on any atom is 0.318 e. The number of nitrogens with one attached hydrogen (secondary N) is 2. The van der Waals surface area contributed by atoms with Gasteiger partial charge in [-0.1, -0.05) is 25.9 Å². The summed E-state index contributed by atoms with van der Waals surface area (Å²) in [5.74, 6) is 1.04. The van der Waals surface area contributed by atoms with Gasteiger partial charge in [-0.05, 0) is 18.9 Å². The minimum Gasteiger partial charge on any atom is -0.407 e. The molecule has 1 aromatic heterocycles. The highest BCUT2D eigenvalue weighted by atomic mass is 16.4. The van der Waals surface area contributed by atoms with Crippen molar-refractivity contribution in [2.45, 2.75) is 33.7 Å². The molecule has 7 heteroatoms. The molecule has 0 atom stereocenters. The van der Waals surface area contributed by atoms with Gasteiger partial charge >= 0.3 is 6.01 Å². The molecule has 1 heterocycles. The first-order chi connectivity index (χ1) is 9.56. The number of hydrogen-bond donors (Lipinski definition) is 2. The number of carbonyl (C=O) groups excluding carboxylic acids is 1. The van der Waals surface area contributed by atoms with Gasteiger partial charge in [0.2, 0.25) is 11.8 Å². The fraction of sp³-hybridized carbons (Fsp3) is 0.769. The van der Waals surface area contributed by atoms with E-state index in [1.54, 1.807) is 11.9 Å². The van der Waals surface area contributed by atoms with E-state index in [9.17, 15) is 4.79 Å². The smallest absolute Gasteiger partial charge is 0.318 e. The number of hydrogen-bond acceptors (Lipinski definition) is 6. The molecule has 0 unspecified atom stereocenters. The van der Waals surface area contributed by atoms with E-state index in [4.69, 9.17) is 4.42 Å². The molecule has 114 valence electrons. The Morgan fingerprint density at radius 3 is 2.75 bits per heavy atom. The van der Waals surface area contributed by atoms with E-state index in [-0.39, 0.29) is 12.5 Å². The molecule has 2 N–H and O–H groups in total. The molecule has 0 aromatic carbocycles. The molecule has 0 saturated carbocycles. The van der Waals surface area contributed by atoms with Crippen molar-refractivity contribution in [3.63, 3.8) is 0 Å². The molecule has 0 saturated heterocycles. The predicted octanol–water partition coefficient (Wildman–Crippen LogP) is 0.778. The third-order valence-electron chi connectivity index (χ3n) is 2.66. The normalized spacial score (nSPS) is 10.8. The number of likely N-dealkylation sites (N-methyl/N-ethyl adjacent to an activating group) is 1. The van der Waals surface area contributed by atoms with Crippen molar-refractivity contribution >= 4 is 11.9 Å². The van der Waals surface area contributed by atoms with Gasteiger partial charge in [0, 0.05) is 13.6 Å². The summed E-state index contributed by atoms with van der Waals surface area (Å²) in [5, 5.41) is 13.8. The highest BCUT2D eigenvalue weighted by Gasteiger charge is 2.16. The Bertz CT molecular complexity index is 405. The molecule has 0 aliphatic heterocycles. The molecule has 0 radical (unpaired) electrons. The van der Waals surface area contributed by atoms with Gasteiger partial charge in [-0.15, -0.1) is 5.10 Å². The molecule has 0 bridgehead atoms. The van der Waals surface area contributed by atoms with E-state index >= 15 is 0 Å². The van der Waals surface area contributed by atoms with Gasteiger partial charge in [-0.2, -0.15) is 0 Å². The Morgan fingerprint density at radius 2 is 2.15 bits per heavy atom. The highest BCUT2D eigenvalue weighted by Crippen LogP contribution is 2.12. The number of anilines is 1. The van der Waals surface area contributed by atoms with Gasteiger partial charge in [-0.3, -0.25) is 4.79 Å². The molecule has 1 rings (SSSR count). The van der Waals surface area contributed by atoms with Gasteiger partial charge in [-0.25, -0.2) is 0 Å². The van der Waals surface area contributed by atoms with Crippen LogP contribution in [0.15, 0.2) is 4.42 Å². The monoisotopic (exact) mass is 283 g/mol. The van der Waals surface area contributed by atoms with Crippen LogP contribution in [-0.4, -0.2) is 42.8 Å². The van der Waals surface area contributed by atoms with Crippen molar-refractivity contribution in [3.05, 3.63) is 5.89 Å². The van der Waals surface area contributed by atoms with Crippen molar-refractivity contribution in [3.8, 4) is 0 Å². The number of nitrogens with zero attached hydrogens (tertiary/aromatic N) is 3. The lowest BCUT2D eigenvalue weighted by Gasteiger charge is -2.17. The van der Waals surface area contributed by atoms with E-state index in [1.807, 2.05) is 6.92 Å². The van der Waals surface area contributed by atoms with Gasteiger partial charge in [0.25, 0.3) is 0 Å². The molecule has 1 aromatic rings. The van der Waals surface area contributed by atoms with E-state index in [1.165, 1.54) is 0 Å². The average molecular weight is 283 g/mol. The summed E-state index contributed by atoms with van der Waals surface area (Å²) in [7, 11) is 1.61. The number of carbonyl (C=O) groups is 1.